The topological polar surface area (TPSA) is 141 Å². The molecule has 0 saturated carbocycles. The van der Waals surface area contributed by atoms with Crippen molar-refractivity contribution >= 4 is 27.4 Å². The van der Waals surface area contributed by atoms with Crippen LogP contribution in [0.15, 0.2) is 58.5 Å². The summed E-state index contributed by atoms with van der Waals surface area (Å²) in [6.07, 6.45) is 0. The number of nitriles is 1. The molecule has 0 bridgehead atoms. The lowest BCUT2D eigenvalue weighted by molar-refractivity contribution is 0.487. The maximum atomic E-state index is 12.4. The van der Waals surface area contributed by atoms with Crippen LogP contribution in [0.5, 0.6) is 5.75 Å². The molecule has 0 aliphatic heterocycles. The maximum absolute atomic E-state index is 12.4. The van der Waals surface area contributed by atoms with Gasteiger partial charge >= 0.3 is 10.1 Å². The van der Waals surface area contributed by atoms with Crippen LogP contribution in [0.2, 0.25) is 0 Å². The molecule has 2 aromatic carbocycles. The van der Waals surface area contributed by atoms with Gasteiger partial charge in [-0.3, -0.25) is 10.8 Å². The van der Waals surface area contributed by atoms with E-state index in [2.05, 4.69) is 10.5 Å². The Morgan fingerprint density at radius 2 is 1.88 bits per heavy atom. The third kappa shape index (κ3) is 4.55. The van der Waals surface area contributed by atoms with Gasteiger partial charge < -0.3 is 9.92 Å². The molecule has 0 spiro atoms. The molecule has 0 amide bonds. The van der Waals surface area contributed by atoms with Crippen molar-refractivity contribution in [2.45, 2.75) is 11.8 Å². The Morgan fingerprint density at radius 1 is 1.24 bits per heavy atom. The van der Waals surface area contributed by atoms with Crippen LogP contribution in [0, 0.1) is 23.7 Å². The number of anilines is 1. The summed E-state index contributed by atoms with van der Waals surface area (Å²) < 4.78 is 29.9. The van der Waals surface area contributed by atoms with Crippen molar-refractivity contribution in [1.82, 2.24) is 0 Å². The molecule has 0 aliphatic rings. The highest BCUT2D eigenvalue weighted by atomic mass is 32.2. The van der Waals surface area contributed by atoms with Crippen LogP contribution in [0.4, 0.5) is 5.69 Å². The number of benzene rings is 2. The second kappa shape index (κ2) is 7.46. The van der Waals surface area contributed by atoms with Gasteiger partial charge in [-0.05, 0) is 31.2 Å². The van der Waals surface area contributed by atoms with E-state index in [1.54, 1.807) is 30.3 Å². The van der Waals surface area contributed by atoms with Gasteiger partial charge in [0.05, 0.1) is 5.69 Å². The first-order valence-corrected chi connectivity index (χ1v) is 8.42. The zero-order valence-electron chi connectivity index (χ0n) is 13.2. The van der Waals surface area contributed by atoms with Gasteiger partial charge in [0.15, 0.2) is 11.6 Å². The minimum absolute atomic E-state index is 0.00679. The number of para-hydroxylation sites is 2. The van der Waals surface area contributed by atoms with Crippen LogP contribution < -0.4 is 15.3 Å². The summed E-state index contributed by atoms with van der Waals surface area (Å²) in [6.45, 7) is 1.84. The fraction of sp³-hybridized carbons (Fsp3) is 0.0625. The first kappa shape index (κ1) is 18.0. The normalized spacial score (nSPS) is 11.4. The lowest BCUT2D eigenvalue weighted by Crippen LogP contribution is -2.22. The second-order valence-electron chi connectivity index (χ2n) is 4.94. The molecule has 25 heavy (non-hydrogen) atoms. The SMILES string of the molecule is Cc1ccc(S(=O)(=O)Oc2ccccc2N/N=C(\C#N)C(=N)N)cc1. The summed E-state index contributed by atoms with van der Waals surface area (Å²) in [5.41, 5.74) is 8.47. The molecule has 0 fully saturated rings. The summed E-state index contributed by atoms with van der Waals surface area (Å²) in [4.78, 5) is 0.0119. The monoisotopic (exact) mass is 357 g/mol. The number of amidine groups is 1. The van der Waals surface area contributed by atoms with Gasteiger partial charge in [0.1, 0.15) is 11.0 Å². The van der Waals surface area contributed by atoms with Crippen molar-refractivity contribution in [2.24, 2.45) is 10.8 Å². The van der Waals surface area contributed by atoms with Gasteiger partial charge in [-0.2, -0.15) is 18.8 Å². The number of nitrogens with zero attached hydrogens (tertiary/aromatic N) is 2. The average Bonchev–Trinajstić information content (AvgIpc) is 2.56. The molecule has 0 radical (unpaired) electrons. The smallest absolute Gasteiger partial charge is 0.339 e. The number of hydrazone groups is 1. The van der Waals surface area contributed by atoms with Crippen molar-refractivity contribution in [3.05, 3.63) is 54.1 Å². The minimum Gasteiger partial charge on any atom is -0.382 e. The Bertz CT molecular complexity index is 960. The van der Waals surface area contributed by atoms with Crippen molar-refractivity contribution in [3.63, 3.8) is 0 Å². The Balaban J connectivity index is 2.30. The summed E-state index contributed by atoms with van der Waals surface area (Å²) in [5, 5.41) is 19.7. The van der Waals surface area contributed by atoms with Crippen LogP contribution in [-0.4, -0.2) is 20.0 Å². The summed E-state index contributed by atoms with van der Waals surface area (Å²) in [5.74, 6) is -0.520. The summed E-state index contributed by atoms with van der Waals surface area (Å²) in [7, 11) is -4.03. The Hall–Kier alpha value is -3.38. The largest absolute Gasteiger partial charge is 0.382 e. The molecule has 8 nitrogen and oxygen atoms in total. The molecule has 0 aliphatic carbocycles. The second-order valence-corrected chi connectivity index (χ2v) is 6.49. The fourth-order valence-electron chi connectivity index (χ4n) is 1.76. The molecule has 128 valence electrons. The zero-order chi connectivity index (χ0) is 18.4. The van der Waals surface area contributed by atoms with E-state index in [9.17, 15) is 8.42 Å². The van der Waals surface area contributed by atoms with Crippen LogP contribution in [0.3, 0.4) is 0 Å². The summed E-state index contributed by atoms with van der Waals surface area (Å²) >= 11 is 0. The number of hydrogen-bond acceptors (Lipinski definition) is 7. The predicted molar refractivity (Wildman–Crippen MR) is 94.0 cm³/mol. The lowest BCUT2D eigenvalue weighted by atomic mass is 10.2. The molecule has 0 aromatic heterocycles. The van der Waals surface area contributed by atoms with E-state index < -0.39 is 16.0 Å². The number of aryl methyl sites for hydroxylation is 1. The van der Waals surface area contributed by atoms with Crippen LogP contribution in [0.25, 0.3) is 0 Å². The Labute approximate surface area is 145 Å². The molecule has 0 atom stereocenters. The van der Waals surface area contributed by atoms with E-state index >= 15 is 0 Å². The van der Waals surface area contributed by atoms with E-state index in [-0.39, 0.29) is 22.0 Å². The molecule has 0 heterocycles. The highest BCUT2D eigenvalue weighted by Crippen LogP contribution is 2.27. The quantitative estimate of drug-likeness (QED) is 0.312. The van der Waals surface area contributed by atoms with E-state index in [1.807, 2.05) is 6.92 Å². The van der Waals surface area contributed by atoms with Crippen molar-refractivity contribution in [3.8, 4) is 11.8 Å². The molecule has 2 aromatic rings. The molecule has 2 rings (SSSR count). The van der Waals surface area contributed by atoms with Crippen LogP contribution in [0.1, 0.15) is 5.56 Å². The fourth-order valence-corrected chi connectivity index (χ4v) is 2.71. The third-order valence-electron chi connectivity index (χ3n) is 3.05. The van der Waals surface area contributed by atoms with E-state index in [0.29, 0.717) is 0 Å². The van der Waals surface area contributed by atoms with Gasteiger partial charge in [-0.25, -0.2) is 0 Å². The maximum Gasteiger partial charge on any atom is 0.339 e. The Morgan fingerprint density at radius 3 is 2.48 bits per heavy atom. The molecule has 4 N–H and O–H groups in total. The zero-order valence-corrected chi connectivity index (χ0v) is 14.0. The first-order chi connectivity index (χ1) is 11.8. The Kier molecular flexibility index (Phi) is 5.36. The van der Waals surface area contributed by atoms with Crippen molar-refractivity contribution in [1.29, 1.82) is 10.7 Å². The van der Waals surface area contributed by atoms with E-state index in [4.69, 9.17) is 20.6 Å². The van der Waals surface area contributed by atoms with Crippen LogP contribution in [-0.2, 0) is 10.1 Å². The van der Waals surface area contributed by atoms with Crippen molar-refractivity contribution < 1.29 is 12.6 Å². The van der Waals surface area contributed by atoms with Gasteiger partial charge in [-0.15, -0.1) is 0 Å². The van der Waals surface area contributed by atoms with Gasteiger partial charge in [0.2, 0.25) is 5.71 Å². The van der Waals surface area contributed by atoms with Gasteiger partial charge in [-0.1, -0.05) is 29.8 Å². The number of hydrogen-bond donors (Lipinski definition) is 3. The van der Waals surface area contributed by atoms with Gasteiger partial charge in [0.25, 0.3) is 0 Å². The summed E-state index contributed by atoms with van der Waals surface area (Å²) in [6, 6.07) is 14.0. The van der Waals surface area contributed by atoms with Crippen LogP contribution >= 0.6 is 0 Å². The van der Waals surface area contributed by atoms with Gasteiger partial charge in [0, 0.05) is 0 Å². The molecule has 0 saturated heterocycles. The number of nitrogens with two attached hydrogens (primary N) is 1. The molecular weight excluding hydrogens is 342 g/mol. The number of nitrogens with one attached hydrogen (secondary N) is 2. The first-order valence-electron chi connectivity index (χ1n) is 7.02. The highest BCUT2D eigenvalue weighted by Gasteiger charge is 2.18. The van der Waals surface area contributed by atoms with Crippen molar-refractivity contribution in [2.75, 3.05) is 5.43 Å². The highest BCUT2D eigenvalue weighted by molar-refractivity contribution is 7.87. The third-order valence-corrected chi connectivity index (χ3v) is 4.29. The molecule has 9 heteroatoms. The van der Waals surface area contributed by atoms with E-state index in [1.165, 1.54) is 24.3 Å². The number of rotatable bonds is 6. The average molecular weight is 357 g/mol. The minimum atomic E-state index is -4.03. The molecular formula is C16H15N5O3S. The molecule has 0 unspecified atom stereocenters. The lowest BCUT2D eigenvalue weighted by Gasteiger charge is -2.11. The predicted octanol–water partition coefficient (Wildman–Crippen LogP) is 1.99. The van der Waals surface area contributed by atoms with E-state index in [0.717, 1.165) is 5.56 Å². The standard InChI is InChI=1S/C16H15N5O3S/c1-11-6-8-12(9-7-11)25(22,23)24-15-5-3-2-4-13(15)20-21-14(10-17)16(18)19/h2-9,20H,1H3,(H3,18,19)/b21-14+.